The van der Waals surface area contributed by atoms with E-state index >= 15 is 0 Å². The third kappa shape index (κ3) is 2.73. The molecule has 0 radical (unpaired) electrons. The third-order valence-electron chi connectivity index (χ3n) is 3.18. The summed E-state index contributed by atoms with van der Waals surface area (Å²) in [4.78, 5) is 14.8. The van der Waals surface area contributed by atoms with Crippen LogP contribution in [0.1, 0.15) is 11.1 Å². The second kappa shape index (κ2) is 5.55. The largest absolute Gasteiger partial charge is 0.417 e. The lowest BCUT2D eigenvalue weighted by molar-refractivity contribution is -0.137. The van der Waals surface area contributed by atoms with Crippen molar-refractivity contribution in [1.29, 1.82) is 5.26 Å². The molecule has 23 heavy (non-hydrogen) atoms. The van der Waals surface area contributed by atoms with E-state index in [1.807, 2.05) is 6.07 Å². The highest BCUT2D eigenvalue weighted by Crippen LogP contribution is 2.34. The molecule has 5 nitrogen and oxygen atoms in total. The number of aromatic amines is 1. The number of pyridine rings is 1. The van der Waals surface area contributed by atoms with Crippen LogP contribution in [0.25, 0.3) is 22.3 Å². The van der Waals surface area contributed by atoms with Gasteiger partial charge in [0.2, 0.25) is 0 Å². The molecule has 0 spiro atoms. The lowest BCUT2D eigenvalue weighted by Gasteiger charge is -2.07. The fourth-order valence-corrected chi connectivity index (χ4v) is 2.45. The van der Waals surface area contributed by atoms with Crippen molar-refractivity contribution in [3.8, 4) is 17.3 Å². The van der Waals surface area contributed by atoms with Crippen LogP contribution in [0.4, 0.5) is 13.2 Å². The molecule has 3 heterocycles. The zero-order chi connectivity index (χ0) is 16.6. The van der Waals surface area contributed by atoms with E-state index in [0.717, 1.165) is 12.3 Å². The quantitative estimate of drug-likeness (QED) is 0.571. The maximum Gasteiger partial charge on any atom is 0.417 e. The van der Waals surface area contributed by atoms with Crippen LogP contribution in [0.15, 0.2) is 29.8 Å². The Labute approximate surface area is 132 Å². The zero-order valence-corrected chi connectivity index (χ0v) is 12.5. The molecule has 0 amide bonds. The average molecular weight is 335 g/mol. The van der Waals surface area contributed by atoms with Crippen LogP contribution in [0.2, 0.25) is 0 Å². The molecule has 0 aromatic carbocycles. The number of nitriles is 1. The van der Waals surface area contributed by atoms with Crippen molar-refractivity contribution in [2.45, 2.75) is 11.3 Å². The summed E-state index contributed by atoms with van der Waals surface area (Å²) in [6.07, 6.45) is 0.883. The van der Waals surface area contributed by atoms with Crippen molar-refractivity contribution < 1.29 is 13.2 Å². The Hall–Kier alpha value is -2.60. The zero-order valence-electron chi connectivity index (χ0n) is 11.6. The SMILES string of the molecule is CSc1ncc(C#N)c(-c2c[nH]c3ncc(C(F)(F)F)cc23)n1. The fourth-order valence-electron chi connectivity index (χ4n) is 2.11. The van der Waals surface area contributed by atoms with Gasteiger partial charge in [-0.2, -0.15) is 18.4 Å². The molecule has 0 saturated carbocycles. The van der Waals surface area contributed by atoms with Crippen molar-refractivity contribution >= 4 is 22.8 Å². The Bertz CT molecular complexity index is 926. The summed E-state index contributed by atoms with van der Waals surface area (Å²) in [5.41, 5.74) is 0.276. The summed E-state index contributed by atoms with van der Waals surface area (Å²) in [7, 11) is 0. The van der Waals surface area contributed by atoms with E-state index in [2.05, 4.69) is 19.9 Å². The summed E-state index contributed by atoms with van der Waals surface area (Å²) < 4.78 is 38.7. The number of alkyl halides is 3. The van der Waals surface area contributed by atoms with Crippen molar-refractivity contribution in [2.75, 3.05) is 6.26 Å². The van der Waals surface area contributed by atoms with Gasteiger partial charge in [-0.1, -0.05) is 11.8 Å². The second-order valence-electron chi connectivity index (χ2n) is 4.55. The fraction of sp³-hybridized carbons (Fsp3) is 0.143. The van der Waals surface area contributed by atoms with E-state index in [1.54, 1.807) is 6.26 Å². The van der Waals surface area contributed by atoms with Gasteiger partial charge in [0, 0.05) is 29.5 Å². The summed E-state index contributed by atoms with van der Waals surface area (Å²) in [5.74, 6) is 0. The van der Waals surface area contributed by atoms with Gasteiger partial charge in [0.05, 0.1) is 16.8 Å². The number of thioether (sulfide) groups is 1. The first kappa shape index (κ1) is 15.3. The van der Waals surface area contributed by atoms with E-state index in [9.17, 15) is 18.4 Å². The minimum absolute atomic E-state index is 0.182. The number of aromatic nitrogens is 4. The molecule has 116 valence electrons. The van der Waals surface area contributed by atoms with Gasteiger partial charge in [-0.15, -0.1) is 0 Å². The topological polar surface area (TPSA) is 78.2 Å². The summed E-state index contributed by atoms with van der Waals surface area (Å²) in [6, 6.07) is 2.95. The van der Waals surface area contributed by atoms with Gasteiger partial charge in [-0.05, 0) is 12.3 Å². The number of hydrogen-bond acceptors (Lipinski definition) is 5. The van der Waals surface area contributed by atoms with E-state index in [-0.39, 0.29) is 16.6 Å². The standard InChI is InChI=1S/C14H8F3N5S/c1-23-13-21-4-7(3-18)11(22-13)10-6-20-12-9(10)2-8(5-19-12)14(15,16)17/h2,4-6H,1H3,(H,19,20). The molecular weight excluding hydrogens is 327 g/mol. The van der Waals surface area contributed by atoms with Gasteiger partial charge in [-0.25, -0.2) is 15.0 Å². The predicted molar refractivity (Wildman–Crippen MR) is 78.6 cm³/mol. The average Bonchev–Trinajstić information content (AvgIpc) is 2.96. The normalized spacial score (nSPS) is 11.6. The number of fused-ring (bicyclic) bond motifs is 1. The molecule has 3 aromatic heterocycles. The first-order valence-electron chi connectivity index (χ1n) is 6.30. The smallest absolute Gasteiger partial charge is 0.345 e. The first-order chi connectivity index (χ1) is 10.9. The Balaban J connectivity index is 2.27. The Morgan fingerprint density at radius 2 is 2.04 bits per heavy atom. The minimum atomic E-state index is -4.50. The van der Waals surface area contributed by atoms with Gasteiger partial charge < -0.3 is 4.98 Å². The summed E-state index contributed by atoms with van der Waals surface area (Å²) >= 11 is 1.27. The first-order valence-corrected chi connectivity index (χ1v) is 7.52. The van der Waals surface area contributed by atoms with Crippen molar-refractivity contribution in [3.05, 3.63) is 35.8 Å². The van der Waals surface area contributed by atoms with Crippen LogP contribution < -0.4 is 0 Å². The Morgan fingerprint density at radius 1 is 1.26 bits per heavy atom. The molecule has 0 fully saturated rings. The van der Waals surface area contributed by atoms with Crippen molar-refractivity contribution in [2.24, 2.45) is 0 Å². The maximum atomic E-state index is 12.9. The molecule has 0 saturated heterocycles. The number of halogens is 3. The molecule has 3 aromatic rings. The molecule has 0 aliphatic carbocycles. The van der Waals surface area contributed by atoms with E-state index in [4.69, 9.17) is 0 Å². The van der Waals surface area contributed by atoms with Crippen LogP contribution in [-0.4, -0.2) is 26.2 Å². The number of nitrogens with one attached hydrogen (secondary N) is 1. The van der Waals surface area contributed by atoms with Crippen LogP contribution in [0.5, 0.6) is 0 Å². The summed E-state index contributed by atoms with van der Waals surface area (Å²) in [5, 5.41) is 9.87. The summed E-state index contributed by atoms with van der Waals surface area (Å²) in [6.45, 7) is 0. The number of H-pyrrole nitrogens is 1. The van der Waals surface area contributed by atoms with Gasteiger partial charge >= 0.3 is 6.18 Å². The lowest BCUT2D eigenvalue weighted by Crippen LogP contribution is -2.05. The Kier molecular flexibility index (Phi) is 3.69. The molecule has 3 rings (SSSR count). The second-order valence-corrected chi connectivity index (χ2v) is 5.32. The maximum absolute atomic E-state index is 12.9. The predicted octanol–water partition coefficient (Wildman–Crippen LogP) is 3.63. The Morgan fingerprint density at radius 3 is 2.70 bits per heavy atom. The molecule has 0 aliphatic heterocycles. The minimum Gasteiger partial charge on any atom is -0.345 e. The highest BCUT2D eigenvalue weighted by Gasteiger charge is 2.31. The lowest BCUT2D eigenvalue weighted by atomic mass is 10.1. The third-order valence-corrected chi connectivity index (χ3v) is 3.75. The van der Waals surface area contributed by atoms with Crippen LogP contribution in [0, 0.1) is 11.3 Å². The molecular formula is C14H8F3N5S. The van der Waals surface area contributed by atoms with E-state index in [1.165, 1.54) is 24.2 Å². The van der Waals surface area contributed by atoms with Crippen LogP contribution in [-0.2, 0) is 6.18 Å². The molecule has 9 heteroatoms. The molecule has 0 aliphatic rings. The van der Waals surface area contributed by atoms with Gasteiger partial charge in [0.15, 0.2) is 5.16 Å². The van der Waals surface area contributed by atoms with Crippen LogP contribution >= 0.6 is 11.8 Å². The number of nitrogens with zero attached hydrogens (tertiary/aromatic N) is 4. The number of hydrogen-bond donors (Lipinski definition) is 1. The van der Waals surface area contributed by atoms with Gasteiger partial charge in [0.1, 0.15) is 11.7 Å². The molecule has 0 unspecified atom stereocenters. The van der Waals surface area contributed by atoms with E-state index < -0.39 is 11.7 Å². The monoisotopic (exact) mass is 335 g/mol. The van der Waals surface area contributed by atoms with Gasteiger partial charge in [0.25, 0.3) is 0 Å². The van der Waals surface area contributed by atoms with E-state index in [0.29, 0.717) is 16.4 Å². The van der Waals surface area contributed by atoms with Gasteiger partial charge in [-0.3, -0.25) is 0 Å². The van der Waals surface area contributed by atoms with Crippen LogP contribution in [0.3, 0.4) is 0 Å². The molecule has 1 N–H and O–H groups in total. The molecule has 0 atom stereocenters. The van der Waals surface area contributed by atoms with Crippen molar-refractivity contribution in [3.63, 3.8) is 0 Å². The molecule has 0 bridgehead atoms. The highest BCUT2D eigenvalue weighted by atomic mass is 32.2. The highest BCUT2D eigenvalue weighted by molar-refractivity contribution is 7.98. The number of rotatable bonds is 2. The van der Waals surface area contributed by atoms with Crippen molar-refractivity contribution in [1.82, 2.24) is 19.9 Å².